The summed E-state index contributed by atoms with van der Waals surface area (Å²) in [5.74, 6) is 2.26. The van der Waals surface area contributed by atoms with E-state index >= 15 is 0 Å². The Morgan fingerprint density at radius 1 is 0.750 bits per heavy atom. The van der Waals surface area contributed by atoms with Crippen molar-refractivity contribution in [3.8, 4) is 0 Å². The first kappa shape index (κ1) is 29.9. The van der Waals surface area contributed by atoms with E-state index < -0.39 is 0 Å². The van der Waals surface area contributed by atoms with E-state index in [2.05, 4.69) is 26.3 Å². The topological polar surface area (TPSA) is 29.1 Å². The largest absolute Gasteiger partial charge is 1.00 e. The molecule has 2 rings (SSSR count). The van der Waals surface area contributed by atoms with Gasteiger partial charge in [-0.3, -0.25) is 4.79 Å². The fraction of sp³-hybridized carbons (Fsp3) is 0.964. The van der Waals surface area contributed by atoms with Gasteiger partial charge in [-0.2, -0.15) is 0 Å². The monoisotopic (exact) mass is 514 g/mol. The molecule has 0 aromatic carbocycles. The minimum absolute atomic E-state index is 0. The normalized spacial score (nSPS) is 22.5. The molecule has 0 radical (unpaired) electrons. The molecule has 2 fully saturated rings. The molecule has 0 bridgehead atoms. The minimum Gasteiger partial charge on any atom is -1.00 e. The number of fused-ring (bicyclic) bond motifs is 1. The highest BCUT2D eigenvalue weighted by Crippen LogP contribution is 2.47. The quantitative estimate of drug-likeness (QED) is 0.216. The predicted octanol–water partition coefficient (Wildman–Crippen LogP) is 4.10. The fourth-order valence-corrected chi connectivity index (χ4v) is 6.23. The Morgan fingerprint density at radius 3 is 1.94 bits per heavy atom. The lowest BCUT2D eigenvalue weighted by atomic mass is 9.91. The molecule has 3 atom stereocenters. The lowest BCUT2D eigenvalue weighted by Gasteiger charge is -2.30. The number of quaternary nitrogens is 1. The molecule has 2 aliphatic carbocycles. The molecule has 0 aromatic rings. The summed E-state index contributed by atoms with van der Waals surface area (Å²) in [7, 11) is 4.72. The van der Waals surface area contributed by atoms with Gasteiger partial charge in [0.2, 0.25) is 5.91 Å². The summed E-state index contributed by atoms with van der Waals surface area (Å²) < 4.78 is 1.10. The summed E-state index contributed by atoms with van der Waals surface area (Å²) in [6, 6.07) is 0. The molecule has 0 saturated heterocycles. The molecular weight excluding hydrogens is 460 g/mol. The van der Waals surface area contributed by atoms with Gasteiger partial charge in [0.05, 0.1) is 27.2 Å². The number of halogens is 1. The van der Waals surface area contributed by atoms with Crippen molar-refractivity contribution in [1.29, 1.82) is 0 Å². The van der Waals surface area contributed by atoms with Crippen molar-refractivity contribution in [1.82, 2.24) is 5.32 Å². The number of nitrogens with zero attached hydrogens (tertiary/aromatic N) is 1. The Kier molecular flexibility index (Phi) is 16.2. The molecule has 2 aliphatic rings. The second-order valence-corrected chi connectivity index (χ2v) is 11.5. The van der Waals surface area contributed by atoms with E-state index in [9.17, 15) is 4.79 Å². The summed E-state index contributed by atoms with van der Waals surface area (Å²) >= 11 is 0. The molecule has 2 saturated carbocycles. The van der Waals surface area contributed by atoms with Gasteiger partial charge in [0.25, 0.3) is 0 Å². The maximum Gasteiger partial charge on any atom is 0.223 e. The third kappa shape index (κ3) is 11.9. The van der Waals surface area contributed by atoms with E-state index in [0.717, 1.165) is 29.8 Å². The summed E-state index contributed by atoms with van der Waals surface area (Å²) in [6.07, 6.45) is 24.6. The number of amides is 1. The van der Waals surface area contributed by atoms with Crippen LogP contribution in [0.4, 0.5) is 0 Å². The number of carbonyl (C=O) groups is 1. The first-order valence-corrected chi connectivity index (χ1v) is 14.1. The molecule has 0 spiro atoms. The van der Waals surface area contributed by atoms with Crippen LogP contribution >= 0.6 is 0 Å². The number of nitrogens with one attached hydrogen (secondary N) is 1. The Balaban J connectivity index is 0.00000512. The molecule has 3 nitrogen and oxygen atoms in total. The molecule has 0 aromatic heterocycles. The van der Waals surface area contributed by atoms with Gasteiger partial charge in [-0.25, -0.2) is 0 Å². The lowest BCUT2D eigenvalue weighted by molar-refractivity contribution is -0.890. The minimum atomic E-state index is 0. The van der Waals surface area contributed by atoms with Gasteiger partial charge < -0.3 is 26.8 Å². The lowest BCUT2D eigenvalue weighted by Crippen LogP contribution is -3.00. The number of hydrogen-bond donors (Lipinski definition) is 1. The number of rotatable bonds is 18. The zero-order valence-corrected chi connectivity index (χ0v) is 23.4. The van der Waals surface area contributed by atoms with Gasteiger partial charge in [-0.15, -0.1) is 0 Å². The maximum atomic E-state index is 12.6. The van der Waals surface area contributed by atoms with Crippen molar-refractivity contribution >= 4 is 5.91 Å². The third-order valence-corrected chi connectivity index (χ3v) is 8.28. The van der Waals surface area contributed by atoms with E-state index in [1.54, 1.807) is 0 Å². The molecule has 0 heterocycles. The fourth-order valence-electron chi connectivity index (χ4n) is 6.23. The Bertz CT molecular complexity index is 482. The van der Waals surface area contributed by atoms with Crippen molar-refractivity contribution in [3.05, 3.63) is 0 Å². The average molecular weight is 516 g/mol. The highest BCUT2D eigenvalue weighted by atomic mass is 79.9. The van der Waals surface area contributed by atoms with Gasteiger partial charge in [0.15, 0.2) is 0 Å². The van der Waals surface area contributed by atoms with Crippen molar-refractivity contribution in [2.45, 2.75) is 122 Å². The Labute approximate surface area is 211 Å². The van der Waals surface area contributed by atoms with Crippen molar-refractivity contribution in [2.75, 3.05) is 33.7 Å². The first-order chi connectivity index (χ1) is 15.0. The number of unbranched alkanes of at least 4 members (excludes halogenated alkanes) is 11. The van der Waals surface area contributed by atoms with E-state index in [4.69, 9.17) is 0 Å². The highest BCUT2D eigenvalue weighted by Gasteiger charge is 2.42. The summed E-state index contributed by atoms with van der Waals surface area (Å²) in [5.41, 5.74) is 0. The van der Waals surface area contributed by atoms with Crippen LogP contribution in [0.25, 0.3) is 0 Å². The van der Waals surface area contributed by atoms with Crippen LogP contribution in [0.3, 0.4) is 0 Å². The van der Waals surface area contributed by atoms with E-state index in [1.807, 2.05) is 0 Å². The molecule has 1 N–H and O–H groups in total. The molecule has 0 aliphatic heterocycles. The zero-order chi connectivity index (χ0) is 22.4. The molecule has 1 amide bonds. The van der Waals surface area contributed by atoms with Crippen LogP contribution in [0.1, 0.15) is 122 Å². The maximum absolute atomic E-state index is 12.6. The predicted molar refractivity (Wildman–Crippen MR) is 134 cm³/mol. The standard InChI is InChI=1S/C28H54N2O.BrH/c1-4-5-6-7-8-9-10-11-12-13-14-15-23-30(2,3)24-17-22-29-28(31)27-21-20-25-18-16-19-26(25)27;/h25-27H,4-24H2,1-3H3;1H/t25-,26-,27?;/m1./s1. The zero-order valence-electron chi connectivity index (χ0n) is 21.8. The highest BCUT2D eigenvalue weighted by molar-refractivity contribution is 5.79. The van der Waals surface area contributed by atoms with Gasteiger partial charge in [0.1, 0.15) is 0 Å². The molecule has 1 unspecified atom stereocenters. The van der Waals surface area contributed by atoms with E-state index in [1.165, 1.54) is 116 Å². The second-order valence-electron chi connectivity index (χ2n) is 11.5. The van der Waals surface area contributed by atoms with E-state index in [-0.39, 0.29) is 17.0 Å². The van der Waals surface area contributed by atoms with Gasteiger partial charge >= 0.3 is 0 Å². The average Bonchev–Trinajstić information content (AvgIpc) is 3.36. The smallest absolute Gasteiger partial charge is 0.223 e. The SMILES string of the molecule is CCCCCCCCCCCCCC[N+](C)(C)CCCNC(=O)C1CC[C@H]2CCC[C@@H]12.[Br-]. The van der Waals surface area contributed by atoms with Crippen molar-refractivity contribution in [2.24, 2.45) is 17.8 Å². The van der Waals surface area contributed by atoms with Gasteiger partial charge in [-0.1, -0.05) is 84.0 Å². The molecule has 190 valence electrons. The second kappa shape index (κ2) is 17.4. The van der Waals surface area contributed by atoms with Crippen LogP contribution in [-0.2, 0) is 4.79 Å². The molecule has 32 heavy (non-hydrogen) atoms. The van der Waals surface area contributed by atoms with E-state index in [0.29, 0.717) is 17.7 Å². The van der Waals surface area contributed by atoms with Crippen LogP contribution in [0.2, 0.25) is 0 Å². The van der Waals surface area contributed by atoms with Crippen LogP contribution in [0.5, 0.6) is 0 Å². The molecule has 4 heteroatoms. The summed E-state index contributed by atoms with van der Waals surface area (Å²) in [4.78, 5) is 12.6. The third-order valence-electron chi connectivity index (χ3n) is 8.28. The number of hydrogen-bond acceptors (Lipinski definition) is 1. The summed E-state index contributed by atoms with van der Waals surface area (Å²) in [6.45, 7) is 5.61. The molecular formula is C28H55BrN2O. The van der Waals surface area contributed by atoms with Crippen LogP contribution in [0.15, 0.2) is 0 Å². The van der Waals surface area contributed by atoms with Crippen LogP contribution in [-0.4, -0.2) is 44.1 Å². The van der Waals surface area contributed by atoms with Crippen LogP contribution in [0, 0.1) is 17.8 Å². The summed E-state index contributed by atoms with van der Waals surface area (Å²) in [5, 5.41) is 3.28. The Morgan fingerprint density at radius 2 is 1.31 bits per heavy atom. The van der Waals surface area contributed by atoms with Crippen LogP contribution < -0.4 is 22.3 Å². The van der Waals surface area contributed by atoms with Crippen molar-refractivity contribution < 1.29 is 26.3 Å². The first-order valence-electron chi connectivity index (χ1n) is 14.1. The Hall–Kier alpha value is -0.0900. The van der Waals surface area contributed by atoms with Gasteiger partial charge in [-0.05, 0) is 43.9 Å². The van der Waals surface area contributed by atoms with Crippen molar-refractivity contribution in [3.63, 3.8) is 0 Å². The number of carbonyl (C=O) groups excluding carboxylic acids is 1. The van der Waals surface area contributed by atoms with Gasteiger partial charge in [0, 0.05) is 18.9 Å².